The molecule has 0 saturated carbocycles. The third-order valence-corrected chi connectivity index (χ3v) is 3.75. The number of amides is 1. The van der Waals surface area contributed by atoms with Gasteiger partial charge in [0.2, 0.25) is 5.88 Å². The summed E-state index contributed by atoms with van der Waals surface area (Å²) in [5, 5.41) is 4.70. The van der Waals surface area contributed by atoms with Gasteiger partial charge in [-0.25, -0.2) is 9.97 Å². The number of nitrogens with one attached hydrogen (secondary N) is 1. The van der Waals surface area contributed by atoms with Crippen LogP contribution in [0.3, 0.4) is 0 Å². The average molecular weight is 299 g/mol. The SMILES string of the molecule is CCNC(=O)c1cccc(Oc2ncnc3ccsc23)c1. The molecule has 5 nitrogen and oxygen atoms in total. The van der Waals surface area contributed by atoms with Crippen LogP contribution in [-0.2, 0) is 0 Å². The first-order valence-corrected chi connectivity index (χ1v) is 7.40. The molecule has 0 spiro atoms. The molecule has 1 N–H and O–H groups in total. The Morgan fingerprint density at radius 2 is 2.24 bits per heavy atom. The molecule has 2 aromatic heterocycles. The van der Waals surface area contributed by atoms with E-state index in [-0.39, 0.29) is 5.91 Å². The van der Waals surface area contributed by atoms with Gasteiger partial charge in [0.05, 0.1) is 5.52 Å². The number of aromatic nitrogens is 2. The van der Waals surface area contributed by atoms with Gasteiger partial charge in [-0.15, -0.1) is 11.3 Å². The van der Waals surface area contributed by atoms with E-state index in [1.54, 1.807) is 24.3 Å². The van der Waals surface area contributed by atoms with Crippen molar-refractivity contribution in [2.45, 2.75) is 6.92 Å². The summed E-state index contributed by atoms with van der Waals surface area (Å²) < 4.78 is 6.69. The fourth-order valence-electron chi connectivity index (χ4n) is 1.91. The van der Waals surface area contributed by atoms with Crippen LogP contribution in [-0.4, -0.2) is 22.4 Å². The molecule has 3 rings (SSSR count). The monoisotopic (exact) mass is 299 g/mol. The van der Waals surface area contributed by atoms with Crippen molar-refractivity contribution in [3.8, 4) is 11.6 Å². The number of rotatable bonds is 4. The van der Waals surface area contributed by atoms with Crippen LogP contribution in [0, 0.1) is 0 Å². The van der Waals surface area contributed by atoms with E-state index in [2.05, 4.69) is 15.3 Å². The van der Waals surface area contributed by atoms with Crippen LogP contribution in [0.5, 0.6) is 11.6 Å². The summed E-state index contributed by atoms with van der Waals surface area (Å²) in [4.78, 5) is 20.2. The van der Waals surface area contributed by atoms with E-state index >= 15 is 0 Å². The summed E-state index contributed by atoms with van der Waals surface area (Å²) >= 11 is 1.52. The first-order chi connectivity index (χ1) is 10.3. The molecule has 106 valence electrons. The van der Waals surface area contributed by atoms with Gasteiger partial charge in [-0.2, -0.15) is 0 Å². The topological polar surface area (TPSA) is 64.1 Å². The van der Waals surface area contributed by atoms with Gasteiger partial charge < -0.3 is 10.1 Å². The Hall–Kier alpha value is -2.47. The molecule has 0 saturated heterocycles. The lowest BCUT2D eigenvalue weighted by atomic mass is 10.2. The number of fused-ring (bicyclic) bond motifs is 1. The zero-order valence-electron chi connectivity index (χ0n) is 11.4. The van der Waals surface area contributed by atoms with Gasteiger partial charge in [0, 0.05) is 12.1 Å². The van der Waals surface area contributed by atoms with E-state index in [1.807, 2.05) is 18.4 Å². The predicted molar refractivity (Wildman–Crippen MR) is 81.9 cm³/mol. The molecule has 2 heterocycles. The highest BCUT2D eigenvalue weighted by molar-refractivity contribution is 7.17. The fraction of sp³-hybridized carbons (Fsp3) is 0.133. The molecule has 21 heavy (non-hydrogen) atoms. The number of carbonyl (C=O) groups is 1. The Bertz CT molecular complexity index is 785. The molecule has 1 amide bonds. The van der Waals surface area contributed by atoms with E-state index in [4.69, 9.17) is 4.74 Å². The zero-order valence-corrected chi connectivity index (χ0v) is 12.2. The van der Waals surface area contributed by atoms with E-state index in [0.717, 1.165) is 10.2 Å². The number of benzene rings is 1. The summed E-state index contributed by atoms with van der Waals surface area (Å²) in [7, 11) is 0. The molecule has 3 aromatic rings. The minimum Gasteiger partial charge on any atom is -0.437 e. The van der Waals surface area contributed by atoms with Gasteiger partial charge in [0.25, 0.3) is 5.91 Å². The molecule has 1 aromatic carbocycles. The third-order valence-electron chi connectivity index (χ3n) is 2.86. The number of nitrogens with zero attached hydrogens (tertiary/aromatic N) is 2. The third kappa shape index (κ3) is 2.85. The molecule has 0 aliphatic rings. The average Bonchev–Trinajstić information content (AvgIpc) is 2.97. The van der Waals surface area contributed by atoms with Crippen LogP contribution in [0.4, 0.5) is 0 Å². The summed E-state index contributed by atoms with van der Waals surface area (Å²) in [5.41, 5.74) is 1.41. The Balaban J connectivity index is 1.90. The van der Waals surface area contributed by atoms with Gasteiger partial charge in [0.1, 0.15) is 16.8 Å². The van der Waals surface area contributed by atoms with Crippen LogP contribution < -0.4 is 10.1 Å². The van der Waals surface area contributed by atoms with Crippen LogP contribution >= 0.6 is 11.3 Å². The standard InChI is InChI=1S/C15H13N3O2S/c1-2-16-14(19)10-4-3-5-11(8-10)20-15-13-12(6-7-21-13)17-9-18-15/h3-9H,2H2,1H3,(H,16,19). The molecule has 0 fully saturated rings. The maximum Gasteiger partial charge on any atom is 0.251 e. The molecule has 0 aliphatic carbocycles. The summed E-state index contributed by atoms with van der Waals surface area (Å²) in [6, 6.07) is 8.95. The Labute approximate surface area is 125 Å². The quantitative estimate of drug-likeness (QED) is 0.803. The number of carbonyl (C=O) groups excluding carboxylic acids is 1. The lowest BCUT2D eigenvalue weighted by molar-refractivity contribution is 0.0955. The molecule has 0 unspecified atom stereocenters. The molecule has 0 bridgehead atoms. The highest BCUT2D eigenvalue weighted by atomic mass is 32.1. The second kappa shape index (κ2) is 5.88. The highest BCUT2D eigenvalue weighted by Gasteiger charge is 2.09. The predicted octanol–water partition coefficient (Wildman–Crippen LogP) is 3.23. The minimum absolute atomic E-state index is 0.119. The molecular formula is C15H13N3O2S. The summed E-state index contributed by atoms with van der Waals surface area (Å²) in [5.74, 6) is 0.960. The molecular weight excluding hydrogens is 286 g/mol. The van der Waals surface area contributed by atoms with Crippen molar-refractivity contribution < 1.29 is 9.53 Å². The zero-order chi connectivity index (χ0) is 14.7. The summed E-state index contributed by atoms with van der Waals surface area (Å²) in [6.45, 7) is 2.47. The first kappa shape index (κ1) is 13.5. The van der Waals surface area contributed by atoms with E-state index in [9.17, 15) is 4.79 Å². The number of thiophene rings is 1. The van der Waals surface area contributed by atoms with Gasteiger partial charge in [0.15, 0.2) is 0 Å². The smallest absolute Gasteiger partial charge is 0.251 e. The lowest BCUT2D eigenvalue weighted by Crippen LogP contribution is -2.22. The van der Waals surface area contributed by atoms with Crippen molar-refractivity contribution in [1.82, 2.24) is 15.3 Å². The highest BCUT2D eigenvalue weighted by Crippen LogP contribution is 2.30. The van der Waals surface area contributed by atoms with Crippen LogP contribution in [0.15, 0.2) is 42.0 Å². The largest absolute Gasteiger partial charge is 0.437 e. The number of hydrogen-bond acceptors (Lipinski definition) is 5. The minimum atomic E-state index is -0.119. The number of ether oxygens (including phenoxy) is 1. The number of hydrogen-bond donors (Lipinski definition) is 1. The molecule has 0 atom stereocenters. The Morgan fingerprint density at radius 1 is 1.33 bits per heavy atom. The van der Waals surface area contributed by atoms with Crippen molar-refractivity contribution in [2.24, 2.45) is 0 Å². The van der Waals surface area contributed by atoms with E-state index < -0.39 is 0 Å². The van der Waals surface area contributed by atoms with Crippen molar-refractivity contribution >= 4 is 27.5 Å². The second-order valence-corrected chi connectivity index (χ2v) is 5.22. The lowest BCUT2D eigenvalue weighted by Gasteiger charge is -2.07. The van der Waals surface area contributed by atoms with Crippen molar-refractivity contribution in [3.63, 3.8) is 0 Å². The van der Waals surface area contributed by atoms with Gasteiger partial charge in [-0.05, 0) is 36.6 Å². The molecule has 0 aliphatic heterocycles. The van der Waals surface area contributed by atoms with Gasteiger partial charge >= 0.3 is 0 Å². The van der Waals surface area contributed by atoms with Crippen molar-refractivity contribution in [2.75, 3.05) is 6.54 Å². The van der Waals surface area contributed by atoms with Gasteiger partial charge in [-0.1, -0.05) is 6.07 Å². The second-order valence-electron chi connectivity index (χ2n) is 4.30. The molecule has 0 radical (unpaired) electrons. The summed E-state index contributed by atoms with van der Waals surface area (Å²) in [6.07, 6.45) is 1.47. The van der Waals surface area contributed by atoms with Crippen molar-refractivity contribution in [3.05, 3.63) is 47.6 Å². The maximum atomic E-state index is 11.8. The van der Waals surface area contributed by atoms with Crippen molar-refractivity contribution in [1.29, 1.82) is 0 Å². The van der Waals surface area contributed by atoms with Crippen LogP contribution in [0.2, 0.25) is 0 Å². The van der Waals surface area contributed by atoms with Gasteiger partial charge in [-0.3, -0.25) is 4.79 Å². The maximum absolute atomic E-state index is 11.8. The Morgan fingerprint density at radius 3 is 3.10 bits per heavy atom. The Kier molecular flexibility index (Phi) is 3.79. The fourth-order valence-corrected chi connectivity index (χ4v) is 2.68. The first-order valence-electron chi connectivity index (χ1n) is 6.52. The van der Waals surface area contributed by atoms with E-state index in [1.165, 1.54) is 17.7 Å². The van der Waals surface area contributed by atoms with Crippen LogP contribution in [0.25, 0.3) is 10.2 Å². The normalized spacial score (nSPS) is 10.5. The van der Waals surface area contributed by atoms with E-state index in [0.29, 0.717) is 23.7 Å². The molecule has 6 heteroatoms. The van der Waals surface area contributed by atoms with Crippen LogP contribution in [0.1, 0.15) is 17.3 Å².